The maximum Gasteiger partial charge on any atom is 0.269 e. The summed E-state index contributed by atoms with van der Waals surface area (Å²) in [5.74, 6) is 0.187. The van der Waals surface area contributed by atoms with Gasteiger partial charge in [0.1, 0.15) is 0 Å². The first kappa shape index (κ1) is 18.8. The molecule has 2 amide bonds. The second kappa shape index (κ2) is 9.08. The summed E-state index contributed by atoms with van der Waals surface area (Å²) in [7, 11) is 0. The molecule has 0 saturated carbocycles. The van der Waals surface area contributed by atoms with Crippen LogP contribution in [0.2, 0.25) is 0 Å². The van der Waals surface area contributed by atoms with Crippen molar-refractivity contribution in [3.05, 3.63) is 58.1 Å². The Bertz CT molecular complexity index is 764. The standard InChI is InChI=1S/C18H19BrN2O4/c1-3-24-15-9-8-13(11-16(15)25-4-2)18(23)21-20-17(22)12-6-5-7-14(19)10-12/h5-11H,3-4H2,1-2H3,(H,20,22)(H,21,23). The number of hydrogen-bond donors (Lipinski definition) is 2. The zero-order valence-electron chi connectivity index (χ0n) is 14.0. The van der Waals surface area contributed by atoms with E-state index in [9.17, 15) is 9.59 Å². The van der Waals surface area contributed by atoms with Crippen LogP contribution in [0, 0.1) is 0 Å². The first-order valence-electron chi connectivity index (χ1n) is 7.81. The van der Waals surface area contributed by atoms with Gasteiger partial charge in [0.2, 0.25) is 0 Å². The molecular formula is C18H19BrN2O4. The third-order valence-electron chi connectivity index (χ3n) is 3.18. The lowest BCUT2D eigenvalue weighted by Crippen LogP contribution is -2.41. The van der Waals surface area contributed by atoms with Crippen molar-refractivity contribution in [1.82, 2.24) is 10.9 Å². The van der Waals surface area contributed by atoms with Crippen LogP contribution in [0.25, 0.3) is 0 Å². The van der Waals surface area contributed by atoms with E-state index in [1.54, 1.807) is 36.4 Å². The summed E-state index contributed by atoms with van der Waals surface area (Å²) in [6, 6.07) is 11.7. The third kappa shape index (κ3) is 5.22. The molecule has 2 aromatic rings. The summed E-state index contributed by atoms with van der Waals surface area (Å²) in [5.41, 5.74) is 5.55. The fourth-order valence-electron chi connectivity index (χ4n) is 2.08. The minimum atomic E-state index is -0.452. The Hall–Kier alpha value is -2.54. The van der Waals surface area contributed by atoms with Crippen LogP contribution < -0.4 is 20.3 Å². The Morgan fingerprint density at radius 2 is 1.48 bits per heavy atom. The van der Waals surface area contributed by atoms with E-state index in [0.717, 1.165) is 4.47 Å². The average Bonchev–Trinajstić information content (AvgIpc) is 2.61. The van der Waals surface area contributed by atoms with Crippen LogP contribution in [0.4, 0.5) is 0 Å². The lowest BCUT2D eigenvalue weighted by Gasteiger charge is -2.13. The van der Waals surface area contributed by atoms with Crippen LogP contribution in [0.1, 0.15) is 34.6 Å². The lowest BCUT2D eigenvalue weighted by molar-refractivity contribution is 0.0846. The van der Waals surface area contributed by atoms with Crippen molar-refractivity contribution in [3.8, 4) is 11.5 Å². The quantitative estimate of drug-likeness (QED) is 0.721. The minimum Gasteiger partial charge on any atom is -0.490 e. The van der Waals surface area contributed by atoms with Crippen molar-refractivity contribution in [3.63, 3.8) is 0 Å². The Kier molecular flexibility index (Phi) is 6.82. The number of carbonyl (C=O) groups excluding carboxylic acids is 2. The summed E-state index contributed by atoms with van der Waals surface area (Å²) < 4.78 is 11.7. The summed E-state index contributed by atoms with van der Waals surface area (Å²) in [6.07, 6.45) is 0. The highest BCUT2D eigenvalue weighted by atomic mass is 79.9. The van der Waals surface area contributed by atoms with Crippen LogP contribution in [0.5, 0.6) is 11.5 Å². The largest absolute Gasteiger partial charge is 0.490 e. The van der Waals surface area contributed by atoms with Gasteiger partial charge in [-0.05, 0) is 50.2 Å². The Labute approximate surface area is 154 Å². The van der Waals surface area contributed by atoms with Crippen molar-refractivity contribution >= 4 is 27.7 Å². The maximum atomic E-state index is 12.2. The van der Waals surface area contributed by atoms with Crippen molar-refractivity contribution in [2.45, 2.75) is 13.8 Å². The summed E-state index contributed by atoms with van der Waals surface area (Å²) >= 11 is 3.30. The molecule has 0 radical (unpaired) electrons. The topological polar surface area (TPSA) is 76.7 Å². The van der Waals surface area contributed by atoms with Gasteiger partial charge in [0, 0.05) is 15.6 Å². The number of nitrogens with one attached hydrogen (secondary N) is 2. The second-order valence-corrected chi connectivity index (χ2v) is 5.86. The van der Waals surface area contributed by atoms with Gasteiger partial charge in [-0.1, -0.05) is 22.0 Å². The molecule has 25 heavy (non-hydrogen) atoms. The number of halogens is 1. The van der Waals surface area contributed by atoms with Gasteiger partial charge >= 0.3 is 0 Å². The monoisotopic (exact) mass is 406 g/mol. The molecule has 7 heteroatoms. The van der Waals surface area contributed by atoms with E-state index < -0.39 is 11.8 Å². The summed E-state index contributed by atoms with van der Waals surface area (Å²) in [5, 5.41) is 0. The Balaban J connectivity index is 2.05. The van der Waals surface area contributed by atoms with Gasteiger partial charge in [-0.2, -0.15) is 0 Å². The summed E-state index contributed by atoms with van der Waals surface area (Å²) in [4.78, 5) is 24.3. The fraction of sp³-hybridized carbons (Fsp3) is 0.222. The number of benzene rings is 2. The van der Waals surface area contributed by atoms with Crippen molar-refractivity contribution < 1.29 is 19.1 Å². The molecule has 0 fully saturated rings. The van der Waals surface area contributed by atoms with Crippen LogP contribution >= 0.6 is 15.9 Å². The van der Waals surface area contributed by atoms with Crippen LogP contribution in [-0.4, -0.2) is 25.0 Å². The molecule has 6 nitrogen and oxygen atoms in total. The molecular weight excluding hydrogens is 388 g/mol. The van der Waals surface area contributed by atoms with Gasteiger partial charge in [-0.15, -0.1) is 0 Å². The smallest absolute Gasteiger partial charge is 0.269 e. The van der Waals surface area contributed by atoms with E-state index in [4.69, 9.17) is 9.47 Å². The van der Waals surface area contributed by atoms with E-state index in [1.807, 2.05) is 19.9 Å². The fourth-order valence-corrected chi connectivity index (χ4v) is 2.48. The Morgan fingerprint density at radius 3 is 2.08 bits per heavy atom. The summed E-state index contributed by atoms with van der Waals surface area (Å²) in [6.45, 7) is 4.66. The molecule has 0 atom stereocenters. The molecule has 0 aliphatic carbocycles. The van der Waals surface area contributed by atoms with E-state index in [-0.39, 0.29) is 0 Å². The van der Waals surface area contributed by atoms with Gasteiger partial charge in [0.25, 0.3) is 11.8 Å². The van der Waals surface area contributed by atoms with Crippen LogP contribution in [0.15, 0.2) is 46.9 Å². The molecule has 0 saturated heterocycles. The van der Waals surface area contributed by atoms with E-state index in [0.29, 0.717) is 35.8 Å². The molecule has 2 N–H and O–H groups in total. The molecule has 2 rings (SSSR count). The van der Waals surface area contributed by atoms with Gasteiger partial charge in [0.15, 0.2) is 11.5 Å². The van der Waals surface area contributed by atoms with E-state index in [2.05, 4.69) is 26.8 Å². The highest BCUT2D eigenvalue weighted by Crippen LogP contribution is 2.28. The zero-order valence-corrected chi connectivity index (χ0v) is 15.6. The lowest BCUT2D eigenvalue weighted by atomic mass is 10.2. The molecule has 0 aliphatic heterocycles. The molecule has 132 valence electrons. The number of amides is 2. The second-order valence-electron chi connectivity index (χ2n) is 4.95. The van der Waals surface area contributed by atoms with Crippen LogP contribution in [0.3, 0.4) is 0 Å². The van der Waals surface area contributed by atoms with Gasteiger partial charge in [0.05, 0.1) is 13.2 Å². The molecule has 0 aromatic heterocycles. The van der Waals surface area contributed by atoms with Gasteiger partial charge in [-0.25, -0.2) is 0 Å². The number of hydrogen-bond acceptors (Lipinski definition) is 4. The van der Waals surface area contributed by atoms with Gasteiger partial charge < -0.3 is 9.47 Å². The van der Waals surface area contributed by atoms with Crippen molar-refractivity contribution in [2.75, 3.05) is 13.2 Å². The normalized spacial score (nSPS) is 10.0. The van der Waals surface area contributed by atoms with Crippen LogP contribution in [-0.2, 0) is 0 Å². The molecule has 0 heterocycles. The zero-order chi connectivity index (χ0) is 18.2. The predicted octanol–water partition coefficient (Wildman–Crippen LogP) is 3.32. The first-order valence-corrected chi connectivity index (χ1v) is 8.60. The van der Waals surface area contributed by atoms with Crippen molar-refractivity contribution in [1.29, 1.82) is 0 Å². The number of carbonyl (C=O) groups is 2. The minimum absolute atomic E-state index is 0.349. The molecule has 0 unspecified atom stereocenters. The maximum absolute atomic E-state index is 12.2. The molecule has 2 aromatic carbocycles. The predicted molar refractivity (Wildman–Crippen MR) is 97.9 cm³/mol. The average molecular weight is 407 g/mol. The molecule has 0 aliphatic rings. The number of hydrazine groups is 1. The number of rotatable bonds is 6. The highest BCUT2D eigenvalue weighted by molar-refractivity contribution is 9.10. The molecule has 0 bridgehead atoms. The number of ether oxygens (including phenoxy) is 2. The highest BCUT2D eigenvalue weighted by Gasteiger charge is 2.13. The van der Waals surface area contributed by atoms with E-state index in [1.165, 1.54) is 0 Å². The van der Waals surface area contributed by atoms with E-state index >= 15 is 0 Å². The van der Waals surface area contributed by atoms with Gasteiger partial charge in [-0.3, -0.25) is 20.4 Å². The SMILES string of the molecule is CCOc1ccc(C(=O)NNC(=O)c2cccc(Br)c2)cc1OCC. The van der Waals surface area contributed by atoms with Crippen molar-refractivity contribution in [2.24, 2.45) is 0 Å². The molecule has 0 spiro atoms. The first-order chi connectivity index (χ1) is 12.0. The third-order valence-corrected chi connectivity index (χ3v) is 3.68. The Morgan fingerprint density at radius 1 is 0.880 bits per heavy atom.